The van der Waals surface area contributed by atoms with Gasteiger partial charge in [-0.3, -0.25) is 0 Å². The summed E-state index contributed by atoms with van der Waals surface area (Å²) in [6.45, 7) is 6.99. The minimum Gasteiger partial charge on any atom is -0.337 e. The van der Waals surface area contributed by atoms with E-state index in [1.807, 2.05) is 16.8 Å². The van der Waals surface area contributed by atoms with Gasteiger partial charge in [-0.1, -0.05) is 32.9 Å². The Labute approximate surface area is 111 Å². The fourth-order valence-electron chi connectivity index (χ4n) is 1.99. The van der Waals surface area contributed by atoms with Crippen molar-refractivity contribution in [1.29, 1.82) is 0 Å². The highest BCUT2D eigenvalue weighted by Crippen LogP contribution is 2.23. The lowest BCUT2D eigenvalue weighted by Crippen LogP contribution is -2.18. The molecule has 1 aromatic carbocycles. The molecule has 0 aliphatic heterocycles. The Balaban J connectivity index is 2.41. The molecule has 0 unspecified atom stereocenters. The van der Waals surface area contributed by atoms with Gasteiger partial charge in [0.05, 0.1) is 6.54 Å². The molecule has 0 saturated heterocycles. The van der Waals surface area contributed by atoms with Gasteiger partial charge in [0.25, 0.3) is 0 Å². The molecule has 18 heavy (non-hydrogen) atoms. The number of H-pyrrole nitrogens is 1. The molecule has 0 radical (unpaired) electrons. The van der Waals surface area contributed by atoms with Crippen LogP contribution in [0.1, 0.15) is 32.0 Å². The molecule has 1 N–H and O–H groups in total. The lowest BCUT2D eigenvalue weighted by Gasteiger charge is -2.20. The molecule has 2 rings (SSSR count). The van der Waals surface area contributed by atoms with Crippen molar-refractivity contribution in [3.63, 3.8) is 0 Å². The van der Waals surface area contributed by atoms with Crippen molar-refractivity contribution in [3.05, 3.63) is 52.3 Å². The summed E-state index contributed by atoms with van der Waals surface area (Å²) in [5.41, 5.74) is 2.04. The van der Waals surface area contributed by atoms with Crippen molar-refractivity contribution in [1.82, 2.24) is 9.55 Å². The van der Waals surface area contributed by atoms with Gasteiger partial charge in [-0.25, -0.2) is 4.39 Å². The summed E-state index contributed by atoms with van der Waals surface area (Å²) >= 11 is 5.29. The molecule has 1 heterocycles. The number of rotatable bonds is 2. The second-order valence-corrected chi connectivity index (χ2v) is 5.83. The minimum atomic E-state index is -0.216. The first-order chi connectivity index (χ1) is 8.38. The first-order valence-corrected chi connectivity index (χ1v) is 6.32. The van der Waals surface area contributed by atoms with Crippen LogP contribution in [-0.4, -0.2) is 9.55 Å². The summed E-state index contributed by atoms with van der Waals surface area (Å²) in [7, 11) is 0. The van der Waals surface area contributed by atoms with Crippen LogP contribution in [0.25, 0.3) is 0 Å². The van der Waals surface area contributed by atoms with E-state index in [0.29, 0.717) is 11.3 Å². The predicted molar refractivity (Wildman–Crippen MR) is 73.8 cm³/mol. The molecule has 0 spiro atoms. The van der Waals surface area contributed by atoms with Gasteiger partial charge in [0.1, 0.15) is 5.82 Å². The molecule has 0 fully saturated rings. The van der Waals surface area contributed by atoms with Crippen LogP contribution < -0.4 is 0 Å². The van der Waals surface area contributed by atoms with E-state index >= 15 is 0 Å². The number of hydrogen-bond donors (Lipinski definition) is 1. The first-order valence-electron chi connectivity index (χ1n) is 5.91. The lowest BCUT2D eigenvalue weighted by molar-refractivity contribution is 0.528. The fourth-order valence-corrected chi connectivity index (χ4v) is 2.21. The normalized spacial score (nSPS) is 11.8. The third-order valence-corrected chi connectivity index (χ3v) is 3.20. The van der Waals surface area contributed by atoms with Crippen molar-refractivity contribution in [2.24, 2.45) is 0 Å². The van der Waals surface area contributed by atoms with Crippen LogP contribution in [0, 0.1) is 10.6 Å². The number of imidazole rings is 1. The van der Waals surface area contributed by atoms with Crippen molar-refractivity contribution >= 4 is 12.2 Å². The summed E-state index contributed by atoms with van der Waals surface area (Å²) in [6, 6.07) is 6.62. The van der Waals surface area contributed by atoms with E-state index in [4.69, 9.17) is 12.2 Å². The lowest BCUT2D eigenvalue weighted by atomic mass is 9.92. The molecule has 0 aliphatic carbocycles. The zero-order valence-corrected chi connectivity index (χ0v) is 11.6. The highest BCUT2D eigenvalue weighted by molar-refractivity contribution is 7.71. The predicted octanol–water partition coefficient (Wildman–Crippen LogP) is 4.03. The number of nitrogens with one attached hydrogen (secondary N) is 1. The number of benzene rings is 1. The highest BCUT2D eigenvalue weighted by Gasteiger charge is 2.19. The molecule has 4 heteroatoms. The zero-order chi connectivity index (χ0) is 13.3. The summed E-state index contributed by atoms with van der Waals surface area (Å²) in [4.78, 5) is 3.06. The Hall–Kier alpha value is -1.42. The molecule has 1 aromatic heterocycles. The molecule has 0 amide bonds. The zero-order valence-electron chi connectivity index (χ0n) is 10.8. The number of aromatic nitrogens is 2. The quantitative estimate of drug-likeness (QED) is 0.812. The van der Waals surface area contributed by atoms with Crippen molar-refractivity contribution in [2.75, 3.05) is 0 Å². The SMILES string of the molecule is CC(C)(C)c1c[nH]c(=S)n1Cc1cccc(F)c1. The summed E-state index contributed by atoms with van der Waals surface area (Å²) in [6.07, 6.45) is 1.93. The largest absolute Gasteiger partial charge is 0.337 e. The average Bonchev–Trinajstić information content (AvgIpc) is 2.60. The van der Waals surface area contributed by atoms with E-state index in [2.05, 4.69) is 25.8 Å². The first kappa shape index (κ1) is 13.0. The Kier molecular flexibility index (Phi) is 3.39. The van der Waals surface area contributed by atoms with Gasteiger partial charge in [-0.05, 0) is 29.9 Å². The molecule has 2 aromatic rings. The Morgan fingerprint density at radius 2 is 2.06 bits per heavy atom. The van der Waals surface area contributed by atoms with Gasteiger partial charge >= 0.3 is 0 Å². The van der Waals surface area contributed by atoms with Crippen LogP contribution in [0.3, 0.4) is 0 Å². The topological polar surface area (TPSA) is 20.7 Å². The molecule has 2 nitrogen and oxygen atoms in total. The summed E-state index contributed by atoms with van der Waals surface area (Å²) in [5, 5.41) is 0. The Morgan fingerprint density at radius 3 is 2.67 bits per heavy atom. The van der Waals surface area contributed by atoms with Crippen molar-refractivity contribution in [2.45, 2.75) is 32.7 Å². The monoisotopic (exact) mass is 264 g/mol. The third-order valence-electron chi connectivity index (χ3n) is 2.87. The van der Waals surface area contributed by atoms with E-state index in [1.54, 1.807) is 12.1 Å². The molecule has 96 valence electrons. The fraction of sp³-hybridized carbons (Fsp3) is 0.357. The third kappa shape index (κ3) is 2.70. The maximum absolute atomic E-state index is 13.2. The molecule has 0 bridgehead atoms. The molecule has 0 aliphatic rings. The van der Waals surface area contributed by atoms with Gasteiger partial charge in [-0.2, -0.15) is 0 Å². The van der Waals surface area contributed by atoms with Crippen LogP contribution in [-0.2, 0) is 12.0 Å². The Morgan fingerprint density at radius 1 is 1.33 bits per heavy atom. The van der Waals surface area contributed by atoms with Gasteiger partial charge in [-0.15, -0.1) is 0 Å². The van der Waals surface area contributed by atoms with Crippen LogP contribution in [0.15, 0.2) is 30.5 Å². The van der Waals surface area contributed by atoms with E-state index in [0.717, 1.165) is 11.3 Å². The van der Waals surface area contributed by atoms with Gasteiger partial charge in [0, 0.05) is 17.3 Å². The van der Waals surface area contributed by atoms with E-state index < -0.39 is 0 Å². The van der Waals surface area contributed by atoms with E-state index in [9.17, 15) is 4.39 Å². The number of aromatic amines is 1. The molecular formula is C14H17FN2S. The van der Waals surface area contributed by atoms with E-state index in [1.165, 1.54) is 6.07 Å². The number of hydrogen-bond acceptors (Lipinski definition) is 1. The van der Waals surface area contributed by atoms with Crippen LogP contribution in [0.5, 0.6) is 0 Å². The number of nitrogens with zero attached hydrogens (tertiary/aromatic N) is 1. The van der Waals surface area contributed by atoms with Gasteiger partial charge < -0.3 is 9.55 Å². The number of halogens is 1. The van der Waals surface area contributed by atoms with Crippen LogP contribution >= 0.6 is 12.2 Å². The molecule has 0 atom stereocenters. The summed E-state index contributed by atoms with van der Waals surface area (Å²) < 4.78 is 15.9. The van der Waals surface area contributed by atoms with Gasteiger partial charge in [0.15, 0.2) is 4.77 Å². The summed E-state index contributed by atoms with van der Waals surface area (Å²) in [5.74, 6) is -0.216. The second kappa shape index (κ2) is 4.69. The maximum Gasteiger partial charge on any atom is 0.177 e. The van der Waals surface area contributed by atoms with Gasteiger partial charge in [0.2, 0.25) is 0 Å². The highest BCUT2D eigenvalue weighted by atomic mass is 32.1. The standard InChI is InChI=1S/C14H17FN2S/c1-14(2,3)12-8-16-13(18)17(12)9-10-5-4-6-11(15)7-10/h4-8H,9H2,1-3H3,(H,16,18). The van der Waals surface area contributed by atoms with Crippen molar-refractivity contribution in [3.8, 4) is 0 Å². The van der Waals surface area contributed by atoms with E-state index in [-0.39, 0.29) is 11.2 Å². The average molecular weight is 264 g/mol. The van der Waals surface area contributed by atoms with Crippen LogP contribution in [0.4, 0.5) is 4.39 Å². The Bertz CT molecular complexity index is 605. The molecule has 0 saturated carbocycles. The maximum atomic E-state index is 13.2. The second-order valence-electron chi connectivity index (χ2n) is 5.45. The van der Waals surface area contributed by atoms with Crippen molar-refractivity contribution < 1.29 is 4.39 Å². The smallest absolute Gasteiger partial charge is 0.177 e. The van der Waals surface area contributed by atoms with Crippen LogP contribution in [0.2, 0.25) is 0 Å². The minimum absolute atomic E-state index is 0.000878. The molecular weight excluding hydrogens is 247 g/mol.